The highest BCUT2D eigenvalue weighted by atomic mass is 79.9. The molecule has 0 N–H and O–H groups in total. The molecule has 1 aromatic carbocycles. The second-order valence-corrected chi connectivity index (χ2v) is 7.93. The smallest absolute Gasteiger partial charge is 0.201 e. The van der Waals surface area contributed by atoms with E-state index in [4.69, 9.17) is 9.47 Å². The third-order valence-electron chi connectivity index (χ3n) is 4.72. The quantitative estimate of drug-likeness (QED) is 0.474. The van der Waals surface area contributed by atoms with E-state index >= 15 is 0 Å². The highest BCUT2D eigenvalue weighted by Gasteiger charge is 2.23. The Bertz CT molecular complexity index is 849. The van der Waals surface area contributed by atoms with E-state index < -0.39 is 0 Å². The normalized spacial score (nSPS) is 16.9. The van der Waals surface area contributed by atoms with Crippen LogP contribution in [0.5, 0.6) is 5.75 Å². The van der Waals surface area contributed by atoms with Crippen molar-refractivity contribution in [1.29, 1.82) is 5.26 Å². The number of ether oxygens (including phenoxy) is 2. The molecule has 1 aliphatic heterocycles. The van der Waals surface area contributed by atoms with Crippen LogP contribution in [0.3, 0.4) is 0 Å². The molecule has 0 saturated carbocycles. The van der Waals surface area contributed by atoms with Gasteiger partial charge in [0, 0.05) is 51.9 Å². The SMILES string of the molecule is CN(C)/C=C(\C#N)C(=O)C1=Cc2cc(OCCN3CCOCC3)c(Br)cc2C1. The van der Waals surface area contributed by atoms with Gasteiger partial charge in [0.15, 0.2) is 0 Å². The Morgan fingerprint density at radius 1 is 1.39 bits per heavy atom. The lowest BCUT2D eigenvalue weighted by molar-refractivity contribution is -0.111. The minimum absolute atomic E-state index is 0.144. The maximum absolute atomic E-state index is 12.7. The fourth-order valence-corrected chi connectivity index (χ4v) is 3.78. The van der Waals surface area contributed by atoms with E-state index in [1.165, 1.54) is 0 Å². The predicted octanol–water partition coefficient (Wildman–Crippen LogP) is 2.64. The van der Waals surface area contributed by atoms with Gasteiger partial charge in [0.1, 0.15) is 24.0 Å². The maximum atomic E-state index is 12.7. The number of carbonyl (C=O) groups excluding carboxylic acids is 1. The van der Waals surface area contributed by atoms with Crippen LogP contribution in [0.15, 0.2) is 34.0 Å². The number of benzene rings is 1. The zero-order chi connectivity index (χ0) is 20.1. The highest BCUT2D eigenvalue weighted by Crippen LogP contribution is 2.35. The Labute approximate surface area is 174 Å². The van der Waals surface area contributed by atoms with Crippen LogP contribution < -0.4 is 4.74 Å². The zero-order valence-electron chi connectivity index (χ0n) is 16.2. The number of halogens is 1. The molecule has 0 bridgehead atoms. The standard InChI is InChI=1S/C21H24BrN3O3/c1-24(2)14-18(13-23)21(26)17-9-15-11-19(22)20(12-16(15)10-17)28-8-5-25-3-6-27-7-4-25/h10-12,14H,3-9H2,1-2H3/b18-14+. The Balaban J connectivity index is 1.68. The summed E-state index contributed by atoms with van der Waals surface area (Å²) in [5.74, 6) is 0.541. The molecule has 1 fully saturated rings. The van der Waals surface area contributed by atoms with Crippen LogP contribution in [0.4, 0.5) is 0 Å². The van der Waals surface area contributed by atoms with Crippen molar-refractivity contribution in [3.8, 4) is 11.8 Å². The number of allylic oxidation sites excluding steroid dienone is 2. The number of nitrogens with zero attached hydrogens (tertiary/aromatic N) is 3. The van der Waals surface area contributed by atoms with Crippen LogP contribution in [0.1, 0.15) is 11.1 Å². The number of hydrogen-bond donors (Lipinski definition) is 0. The van der Waals surface area contributed by atoms with E-state index in [1.807, 2.05) is 24.3 Å². The highest BCUT2D eigenvalue weighted by molar-refractivity contribution is 9.10. The average molecular weight is 446 g/mol. The first kappa shape index (κ1) is 20.6. The predicted molar refractivity (Wildman–Crippen MR) is 111 cm³/mol. The number of carbonyl (C=O) groups is 1. The van der Waals surface area contributed by atoms with E-state index in [0.717, 1.165) is 54.2 Å². The first-order chi connectivity index (χ1) is 13.5. The first-order valence-electron chi connectivity index (χ1n) is 9.27. The van der Waals surface area contributed by atoms with Crippen LogP contribution in [0.25, 0.3) is 6.08 Å². The molecule has 1 heterocycles. The Morgan fingerprint density at radius 2 is 2.14 bits per heavy atom. The van der Waals surface area contributed by atoms with Gasteiger partial charge in [0.05, 0.1) is 17.7 Å². The topological polar surface area (TPSA) is 65.8 Å². The molecular weight excluding hydrogens is 422 g/mol. The number of hydrogen-bond acceptors (Lipinski definition) is 6. The van der Waals surface area contributed by atoms with Gasteiger partial charge in [-0.25, -0.2) is 0 Å². The van der Waals surface area contributed by atoms with E-state index in [0.29, 0.717) is 18.6 Å². The lowest BCUT2D eigenvalue weighted by Crippen LogP contribution is -2.38. The third-order valence-corrected chi connectivity index (χ3v) is 5.34. The summed E-state index contributed by atoms with van der Waals surface area (Å²) in [6, 6.07) is 5.96. The third kappa shape index (κ3) is 5.02. The Hall–Kier alpha value is -2.14. The van der Waals surface area contributed by atoms with Crippen molar-refractivity contribution in [2.75, 3.05) is 53.6 Å². The number of fused-ring (bicyclic) bond motifs is 1. The molecular formula is C21H24BrN3O3. The van der Waals surface area contributed by atoms with Crippen LogP contribution in [0, 0.1) is 11.3 Å². The molecule has 6 nitrogen and oxygen atoms in total. The molecule has 28 heavy (non-hydrogen) atoms. The molecule has 0 atom stereocenters. The fraction of sp³-hybridized carbons (Fsp3) is 0.429. The van der Waals surface area contributed by atoms with Gasteiger partial charge in [-0.15, -0.1) is 0 Å². The summed E-state index contributed by atoms with van der Waals surface area (Å²) in [5, 5.41) is 9.28. The lowest BCUT2D eigenvalue weighted by atomic mass is 10.0. The maximum Gasteiger partial charge on any atom is 0.201 e. The summed E-state index contributed by atoms with van der Waals surface area (Å²) in [7, 11) is 3.58. The number of ketones is 1. The van der Waals surface area contributed by atoms with Crippen LogP contribution in [0.2, 0.25) is 0 Å². The van der Waals surface area contributed by atoms with Crippen molar-refractivity contribution in [2.45, 2.75) is 6.42 Å². The molecule has 3 rings (SSSR count). The van der Waals surface area contributed by atoms with Gasteiger partial charge in [0.25, 0.3) is 0 Å². The molecule has 0 radical (unpaired) electrons. The number of morpholine rings is 1. The molecule has 0 spiro atoms. The number of rotatable bonds is 7. The number of nitriles is 1. The molecule has 0 aromatic heterocycles. The molecule has 1 saturated heterocycles. The minimum atomic E-state index is -0.224. The summed E-state index contributed by atoms with van der Waals surface area (Å²) in [4.78, 5) is 16.7. The van der Waals surface area contributed by atoms with Gasteiger partial charge in [0.2, 0.25) is 5.78 Å². The first-order valence-corrected chi connectivity index (χ1v) is 10.1. The minimum Gasteiger partial charge on any atom is -0.491 e. The van der Waals surface area contributed by atoms with Crippen molar-refractivity contribution < 1.29 is 14.3 Å². The Kier molecular flexibility index (Phi) is 6.89. The van der Waals surface area contributed by atoms with Crippen molar-refractivity contribution in [3.63, 3.8) is 0 Å². The fourth-order valence-electron chi connectivity index (χ4n) is 3.28. The lowest BCUT2D eigenvalue weighted by Gasteiger charge is -2.26. The van der Waals surface area contributed by atoms with Gasteiger partial charge in [-0.05, 0) is 45.3 Å². The van der Waals surface area contributed by atoms with Crippen molar-refractivity contribution in [2.24, 2.45) is 0 Å². The molecule has 1 aliphatic carbocycles. The van der Waals surface area contributed by atoms with Gasteiger partial charge < -0.3 is 14.4 Å². The second-order valence-electron chi connectivity index (χ2n) is 7.08. The summed E-state index contributed by atoms with van der Waals surface area (Å²) in [6.07, 6.45) is 3.94. The monoisotopic (exact) mass is 445 g/mol. The molecule has 1 aromatic rings. The van der Waals surface area contributed by atoms with Gasteiger partial charge in [-0.1, -0.05) is 0 Å². The van der Waals surface area contributed by atoms with Crippen LogP contribution in [-0.2, 0) is 16.0 Å². The summed E-state index contributed by atoms with van der Waals surface area (Å²) in [6.45, 7) is 4.87. The summed E-state index contributed by atoms with van der Waals surface area (Å²) in [5.41, 5.74) is 2.79. The second kappa shape index (κ2) is 9.37. The molecule has 148 valence electrons. The molecule has 0 unspecified atom stereocenters. The van der Waals surface area contributed by atoms with Gasteiger partial charge in [-0.3, -0.25) is 9.69 Å². The molecule has 2 aliphatic rings. The largest absolute Gasteiger partial charge is 0.491 e. The van der Waals surface area contributed by atoms with Crippen molar-refractivity contribution >= 4 is 27.8 Å². The van der Waals surface area contributed by atoms with E-state index in [2.05, 4.69) is 20.8 Å². The summed E-state index contributed by atoms with van der Waals surface area (Å²) < 4.78 is 12.2. The summed E-state index contributed by atoms with van der Waals surface area (Å²) >= 11 is 3.57. The average Bonchev–Trinajstić information content (AvgIpc) is 3.09. The van der Waals surface area contributed by atoms with E-state index in [-0.39, 0.29) is 11.4 Å². The Morgan fingerprint density at radius 3 is 2.82 bits per heavy atom. The zero-order valence-corrected chi connectivity index (χ0v) is 17.8. The van der Waals surface area contributed by atoms with E-state index in [1.54, 1.807) is 25.2 Å². The molecule has 0 amide bonds. The van der Waals surface area contributed by atoms with Gasteiger partial charge >= 0.3 is 0 Å². The molecule has 7 heteroatoms. The van der Waals surface area contributed by atoms with Gasteiger partial charge in [-0.2, -0.15) is 5.26 Å². The van der Waals surface area contributed by atoms with Crippen LogP contribution in [-0.4, -0.2) is 69.1 Å². The van der Waals surface area contributed by atoms with Crippen molar-refractivity contribution in [1.82, 2.24) is 9.80 Å². The number of Topliss-reactive ketones (excluding diaryl/α,β-unsaturated/α-hetero) is 1. The van der Waals surface area contributed by atoms with E-state index in [9.17, 15) is 10.1 Å². The van der Waals surface area contributed by atoms with Crippen molar-refractivity contribution in [3.05, 3.63) is 45.1 Å². The van der Waals surface area contributed by atoms with Crippen LogP contribution >= 0.6 is 15.9 Å².